The van der Waals surface area contributed by atoms with E-state index >= 15 is 0 Å². The number of fused-ring (bicyclic) bond motifs is 1. The number of rotatable bonds is 3. The molecule has 7 heteroatoms. The van der Waals surface area contributed by atoms with Crippen LogP contribution in [0.1, 0.15) is 13.8 Å². The lowest BCUT2D eigenvalue weighted by Crippen LogP contribution is -1.97. The molecule has 0 spiro atoms. The highest BCUT2D eigenvalue weighted by Crippen LogP contribution is 2.53. The van der Waals surface area contributed by atoms with Crippen LogP contribution in [0.4, 0.5) is 5.69 Å². The van der Waals surface area contributed by atoms with Gasteiger partial charge in [-0.3, -0.25) is 0 Å². The van der Waals surface area contributed by atoms with Crippen LogP contribution < -0.4 is 0 Å². The lowest BCUT2D eigenvalue weighted by Gasteiger charge is -2.22. The molecule has 0 radical (unpaired) electrons. The van der Waals surface area contributed by atoms with Crippen molar-refractivity contribution in [2.75, 3.05) is 0 Å². The second kappa shape index (κ2) is 5.37. The summed E-state index contributed by atoms with van der Waals surface area (Å²) in [5.74, 6) is -0.239. The van der Waals surface area contributed by atoms with Crippen LogP contribution in [0.2, 0.25) is 0 Å². The van der Waals surface area contributed by atoms with Crippen molar-refractivity contribution < 1.29 is 18.8 Å². The van der Waals surface area contributed by atoms with Crippen molar-refractivity contribution in [1.82, 2.24) is 0 Å². The van der Waals surface area contributed by atoms with Gasteiger partial charge in [-0.2, -0.15) is 10.2 Å². The quantitative estimate of drug-likeness (QED) is 0.620. The fraction of sp³-hybridized carbons (Fsp3) is 0.231. The van der Waals surface area contributed by atoms with Gasteiger partial charge < -0.3 is 18.8 Å². The number of phenolic OH excluding ortho intramolecular Hbond substituents is 1. The molecule has 0 heterocycles. The molecule has 0 saturated heterocycles. The van der Waals surface area contributed by atoms with E-state index in [1.807, 2.05) is 0 Å². The molecule has 4 N–H and O–H groups in total. The highest BCUT2D eigenvalue weighted by atomic mass is 32.3. The Balaban J connectivity index is 2.77. The molecule has 0 unspecified atom stereocenters. The van der Waals surface area contributed by atoms with E-state index in [4.69, 9.17) is 0 Å². The Bertz CT molecular complexity index is 665. The molecule has 0 aliphatic rings. The van der Waals surface area contributed by atoms with E-state index in [0.717, 1.165) is 0 Å². The van der Waals surface area contributed by atoms with Crippen molar-refractivity contribution in [2.45, 2.75) is 24.8 Å². The average molecular weight is 296 g/mol. The predicted molar refractivity (Wildman–Crippen MR) is 79.0 cm³/mol. The maximum absolute atomic E-state index is 10.2. The first kappa shape index (κ1) is 14.7. The minimum atomic E-state index is -4.01. The Morgan fingerprint density at radius 2 is 1.75 bits per heavy atom. The van der Waals surface area contributed by atoms with E-state index in [1.165, 1.54) is 6.07 Å². The Kier molecular flexibility index (Phi) is 3.96. The van der Waals surface area contributed by atoms with Gasteiger partial charge in [0.2, 0.25) is 0 Å². The van der Waals surface area contributed by atoms with E-state index in [1.54, 1.807) is 38.1 Å². The number of benzene rings is 2. The first-order chi connectivity index (χ1) is 9.30. The van der Waals surface area contributed by atoms with Gasteiger partial charge in [0, 0.05) is 5.39 Å². The molecule has 0 bridgehead atoms. The molecule has 0 atom stereocenters. The lowest BCUT2D eigenvalue weighted by atomic mass is 10.1. The molecule has 20 heavy (non-hydrogen) atoms. The third kappa shape index (κ3) is 2.91. The third-order valence-corrected chi connectivity index (χ3v) is 3.55. The first-order valence-electron chi connectivity index (χ1n) is 5.97. The molecule has 0 saturated carbocycles. The molecular formula is C13H16N2O4S. The van der Waals surface area contributed by atoms with Crippen LogP contribution in [-0.2, 0) is 0 Å². The molecule has 0 fully saturated rings. The van der Waals surface area contributed by atoms with Crippen molar-refractivity contribution in [2.24, 2.45) is 10.2 Å². The summed E-state index contributed by atoms with van der Waals surface area (Å²) in [5.41, 5.74) is -0.125. The largest absolute Gasteiger partial charge is 0.505 e. The first-order valence-corrected chi connectivity index (χ1v) is 7.47. The zero-order valence-electron chi connectivity index (χ0n) is 11.1. The van der Waals surface area contributed by atoms with Crippen LogP contribution in [-0.4, -0.2) is 24.8 Å². The molecule has 2 rings (SSSR count). The number of phenols is 1. The normalized spacial score (nSPS) is 13.5. The van der Waals surface area contributed by atoms with Gasteiger partial charge in [0.1, 0.15) is 16.6 Å². The molecular weight excluding hydrogens is 280 g/mol. The van der Waals surface area contributed by atoms with Gasteiger partial charge in [-0.25, -0.2) is 0 Å². The molecule has 0 aromatic heterocycles. The number of azo groups is 1. The van der Waals surface area contributed by atoms with Crippen molar-refractivity contribution >= 4 is 27.3 Å². The Hall–Kier alpha value is -1.67. The predicted octanol–water partition coefficient (Wildman–Crippen LogP) is 4.62. The highest BCUT2D eigenvalue weighted by molar-refractivity contribution is 8.19. The number of hydrogen-bond acceptors (Lipinski definition) is 6. The van der Waals surface area contributed by atoms with Gasteiger partial charge in [0.25, 0.3) is 0 Å². The minimum Gasteiger partial charge on any atom is -0.505 e. The third-order valence-electron chi connectivity index (χ3n) is 2.64. The summed E-state index contributed by atoms with van der Waals surface area (Å²) in [6.45, 7) is 3.58. The maximum Gasteiger partial charge on any atom is 0.152 e. The van der Waals surface area contributed by atoms with Gasteiger partial charge >= 0.3 is 0 Å². The molecule has 6 nitrogen and oxygen atoms in total. The van der Waals surface area contributed by atoms with Crippen molar-refractivity contribution in [3.05, 3.63) is 30.3 Å². The fourth-order valence-electron chi connectivity index (χ4n) is 1.77. The maximum atomic E-state index is 10.2. The van der Waals surface area contributed by atoms with Gasteiger partial charge in [-0.1, -0.05) is 24.3 Å². The standard InChI is InChI=1S/C13H16N2O4S/c1-8(2)14-15-12-11(20(17,18)19)7-9-5-3-4-6-10(9)13(12)16/h3-8,16-19H,1-2H3. The number of nitrogens with zero attached hydrogens (tertiary/aromatic N) is 2. The van der Waals surface area contributed by atoms with Crippen molar-refractivity contribution in [3.8, 4) is 5.75 Å². The van der Waals surface area contributed by atoms with E-state index in [2.05, 4.69) is 10.2 Å². The summed E-state index contributed by atoms with van der Waals surface area (Å²) in [5, 5.41) is 19.0. The van der Waals surface area contributed by atoms with E-state index < -0.39 is 10.9 Å². The second-order valence-electron chi connectivity index (χ2n) is 4.62. The van der Waals surface area contributed by atoms with Crippen LogP contribution >= 0.6 is 10.9 Å². The van der Waals surface area contributed by atoms with Gasteiger partial charge in [0.15, 0.2) is 5.75 Å². The summed E-state index contributed by atoms with van der Waals surface area (Å²) < 4.78 is 28.5. The van der Waals surface area contributed by atoms with Crippen molar-refractivity contribution in [3.63, 3.8) is 0 Å². The van der Waals surface area contributed by atoms with E-state index in [0.29, 0.717) is 10.8 Å². The monoisotopic (exact) mass is 296 g/mol. The second-order valence-corrected chi connectivity index (χ2v) is 6.10. The Labute approximate surface area is 118 Å². The van der Waals surface area contributed by atoms with E-state index in [9.17, 15) is 18.8 Å². The van der Waals surface area contributed by atoms with Crippen LogP contribution in [0.5, 0.6) is 5.75 Å². The molecule has 0 aliphatic heterocycles. The van der Waals surface area contributed by atoms with Crippen LogP contribution in [0.25, 0.3) is 10.8 Å². The zero-order valence-corrected chi connectivity index (χ0v) is 11.9. The van der Waals surface area contributed by atoms with Gasteiger partial charge in [-0.15, -0.1) is 0 Å². The molecule has 2 aromatic rings. The summed E-state index contributed by atoms with van der Waals surface area (Å²) in [6, 6.07) is 8.10. The average Bonchev–Trinajstić information content (AvgIpc) is 2.36. The van der Waals surface area contributed by atoms with Gasteiger partial charge in [-0.05, 0) is 25.3 Å². The molecule has 108 valence electrons. The Morgan fingerprint density at radius 1 is 1.10 bits per heavy atom. The van der Waals surface area contributed by atoms with Crippen LogP contribution in [0, 0.1) is 0 Å². The smallest absolute Gasteiger partial charge is 0.152 e. The number of aromatic hydroxyl groups is 1. The zero-order chi connectivity index (χ0) is 14.9. The van der Waals surface area contributed by atoms with Crippen LogP contribution in [0.15, 0.2) is 45.5 Å². The summed E-state index contributed by atoms with van der Waals surface area (Å²) in [7, 11) is -4.01. The van der Waals surface area contributed by atoms with Gasteiger partial charge in [0.05, 0.1) is 10.9 Å². The van der Waals surface area contributed by atoms with E-state index in [-0.39, 0.29) is 22.4 Å². The fourth-order valence-corrected chi connectivity index (χ4v) is 2.45. The summed E-state index contributed by atoms with van der Waals surface area (Å²) in [4.78, 5) is -0.238. The lowest BCUT2D eigenvalue weighted by molar-refractivity contribution is 0.375. The summed E-state index contributed by atoms with van der Waals surface area (Å²) in [6.07, 6.45) is 0. The number of hydrogen-bond donors (Lipinski definition) is 4. The molecule has 0 aliphatic carbocycles. The summed E-state index contributed by atoms with van der Waals surface area (Å²) >= 11 is 0. The van der Waals surface area contributed by atoms with Crippen molar-refractivity contribution in [1.29, 1.82) is 0 Å². The SMILES string of the molecule is CC(C)N=Nc1c(S(O)(O)O)cc2ccccc2c1O. The molecule has 0 amide bonds. The topological polar surface area (TPSA) is 106 Å². The highest BCUT2D eigenvalue weighted by Gasteiger charge is 2.25. The minimum absolute atomic E-state index is 0.125. The Morgan fingerprint density at radius 3 is 2.35 bits per heavy atom. The molecule has 2 aromatic carbocycles. The van der Waals surface area contributed by atoms with Crippen LogP contribution in [0.3, 0.4) is 0 Å².